The van der Waals surface area contributed by atoms with Crippen molar-refractivity contribution in [3.05, 3.63) is 176 Å². The van der Waals surface area contributed by atoms with E-state index in [1.165, 1.54) is 36.9 Å². The highest BCUT2D eigenvalue weighted by Gasteiger charge is 2.16. The lowest BCUT2D eigenvalue weighted by atomic mass is 9.99. The second-order valence-corrected chi connectivity index (χ2v) is 13.1. The van der Waals surface area contributed by atoms with Gasteiger partial charge in [-0.2, -0.15) is 0 Å². The molecule has 0 aliphatic heterocycles. The Morgan fingerprint density at radius 2 is 0.776 bits per heavy atom. The van der Waals surface area contributed by atoms with Crippen molar-refractivity contribution >= 4 is 31.5 Å². The smallest absolute Gasteiger partial charge is 0.164 e. The van der Waals surface area contributed by atoms with Gasteiger partial charge in [0.05, 0.1) is 0 Å². The van der Waals surface area contributed by atoms with Gasteiger partial charge >= 0.3 is 0 Å². The summed E-state index contributed by atoms with van der Waals surface area (Å²) < 4.78 is 2.47. The average Bonchev–Trinajstić information content (AvgIpc) is 3.57. The largest absolute Gasteiger partial charge is 0.208 e. The van der Waals surface area contributed by atoms with Crippen molar-refractivity contribution in [3.8, 4) is 67.5 Å². The lowest BCUT2D eigenvalue weighted by Gasteiger charge is -2.10. The summed E-state index contributed by atoms with van der Waals surface area (Å²) in [5.74, 6) is 1.94. The van der Waals surface area contributed by atoms with E-state index >= 15 is 0 Å². The third kappa shape index (κ3) is 5.58. The Morgan fingerprint density at radius 1 is 0.306 bits per heavy atom. The van der Waals surface area contributed by atoms with Crippen molar-refractivity contribution in [1.82, 2.24) is 15.0 Å². The van der Waals surface area contributed by atoms with E-state index in [1.807, 2.05) is 23.5 Å². The molecule has 0 atom stereocenters. The van der Waals surface area contributed by atoms with Crippen LogP contribution in [-0.2, 0) is 0 Å². The zero-order valence-electron chi connectivity index (χ0n) is 26.5. The first-order valence-corrected chi connectivity index (χ1v) is 17.2. The Bertz CT molecular complexity index is 2580. The molecular weight excluding hydrogens is 615 g/mol. The molecule has 0 fully saturated rings. The standard InChI is InChI=1S/C45H29N3S/c1-4-12-30(13-5-1)32-22-24-34(25-23-32)43-46-44(36-19-10-18-35(28-36)31-14-6-2-7-15-31)48-45(47-43)37-26-27-39-41(29-37)49-40-21-11-20-38(42(39)40)33-16-8-3-9-17-33/h1-29H. The molecule has 230 valence electrons. The van der Waals surface area contributed by atoms with Crippen molar-refractivity contribution < 1.29 is 0 Å². The summed E-state index contributed by atoms with van der Waals surface area (Å²) in [6.45, 7) is 0. The topological polar surface area (TPSA) is 38.7 Å². The van der Waals surface area contributed by atoms with Crippen LogP contribution < -0.4 is 0 Å². The zero-order chi connectivity index (χ0) is 32.6. The molecule has 0 saturated carbocycles. The molecule has 4 heteroatoms. The highest BCUT2D eigenvalue weighted by atomic mass is 32.1. The van der Waals surface area contributed by atoms with E-state index in [-0.39, 0.29) is 0 Å². The van der Waals surface area contributed by atoms with Gasteiger partial charge < -0.3 is 0 Å². The van der Waals surface area contributed by atoms with Crippen LogP contribution >= 0.6 is 11.3 Å². The molecular formula is C45H29N3S. The molecule has 0 spiro atoms. The summed E-state index contributed by atoms with van der Waals surface area (Å²) in [5, 5.41) is 2.53. The third-order valence-electron chi connectivity index (χ3n) is 8.95. The predicted octanol–water partition coefficient (Wildman–Crippen LogP) is 12.2. The van der Waals surface area contributed by atoms with Crippen LogP contribution in [0.5, 0.6) is 0 Å². The first-order chi connectivity index (χ1) is 24.3. The Labute approximate surface area is 288 Å². The molecule has 0 aliphatic carbocycles. The normalized spacial score (nSPS) is 11.3. The van der Waals surface area contributed by atoms with Crippen LogP contribution in [0.1, 0.15) is 0 Å². The number of nitrogens with zero attached hydrogens (tertiary/aromatic N) is 3. The average molecular weight is 644 g/mol. The van der Waals surface area contributed by atoms with Crippen LogP contribution in [0.3, 0.4) is 0 Å². The van der Waals surface area contributed by atoms with E-state index in [0.29, 0.717) is 17.5 Å². The maximum Gasteiger partial charge on any atom is 0.164 e. The monoisotopic (exact) mass is 643 g/mol. The number of fused-ring (bicyclic) bond motifs is 3. The molecule has 2 aromatic heterocycles. The minimum Gasteiger partial charge on any atom is -0.208 e. The summed E-state index contributed by atoms with van der Waals surface area (Å²) >= 11 is 1.81. The van der Waals surface area contributed by atoms with Gasteiger partial charge in [-0.15, -0.1) is 11.3 Å². The van der Waals surface area contributed by atoms with Crippen LogP contribution in [-0.4, -0.2) is 15.0 Å². The third-order valence-corrected chi connectivity index (χ3v) is 10.1. The fourth-order valence-electron chi connectivity index (χ4n) is 6.50. The number of hydrogen-bond donors (Lipinski definition) is 0. The van der Waals surface area contributed by atoms with Gasteiger partial charge in [0.15, 0.2) is 17.5 Å². The van der Waals surface area contributed by atoms with Gasteiger partial charge in [0.2, 0.25) is 0 Å². The van der Waals surface area contributed by atoms with E-state index in [0.717, 1.165) is 33.4 Å². The van der Waals surface area contributed by atoms with Crippen molar-refractivity contribution in [3.63, 3.8) is 0 Å². The quantitative estimate of drug-likeness (QED) is 0.181. The van der Waals surface area contributed by atoms with Crippen molar-refractivity contribution in [1.29, 1.82) is 0 Å². The molecule has 3 nitrogen and oxygen atoms in total. The maximum atomic E-state index is 5.11. The molecule has 0 aliphatic rings. The first-order valence-electron chi connectivity index (χ1n) is 16.4. The minimum absolute atomic E-state index is 0.646. The molecule has 49 heavy (non-hydrogen) atoms. The number of thiophene rings is 1. The van der Waals surface area contributed by atoms with Gasteiger partial charge in [-0.25, -0.2) is 15.0 Å². The molecule has 0 bridgehead atoms. The highest BCUT2D eigenvalue weighted by molar-refractivity contribution is 7.26. The molecule has 7 aromatic carbocycles. The summed E-state index contributed by atoms with van der Waals surface area (Å²) in [6.07, 6.45) is 0. The second-order valence-electron chi connectivity index (χ2n) is 12.1. The van der Waals surface area contributed by atoms with Crippen LogP contribution in [0.4, 0.5) is 0 Å². The summed E-state index contributed by atoms with van der Waals surface area (Å²) in [4.78, 5) is 15.3. The van der Waals surface area contributed by atoms with Gasteiger partial charge in [0, 0.05) is 36.9 Å². The van der Waals surface area contributed by atoms with Crippen LogP contribution in [0.2, 0.25) is 0 Å². The van der Waals surface area contributed by atoms with E-state index in [9.17, 15) is 0 Å². The molecule has 0 saturated heterocycles. The molecule has 9 rings (SSSR count). The van der Waals surface area contributed by atoms with Crippen molar-refractivity contribution in [2.24, 2.45) is 0 Å². The zero-order valence-corrected chi connectivity index (χ0v) is 27.3. The Morgan fingerprint density at radius 3 is 1.45 bits per heavy atom. The van der Waals surface area contributed by atoms with E-state index < -0.39 is 0 Å². The lowest BCUT2D eigenvalue weighted by Crippen LogP contribution is -2.00. The maximum absolute atomic E-state index is 5.11. The molecule has 0 N–H and O–H groups in total. The summed E-state index contributed by atoms with van der Waals surface area (Å²) in [5.41, 5.74) is 9.93. The van der Waals surface area contributed by atoms with Gasteiger partial charge in [0.25, 0.3) is 0 Å². The van der Waals surface area contributed by atoms with Crippen LogP contribution in [0, 0.1) is 0 Å². The number of aromatic nitrogens is 3. The first kappa shape index (κ1) is 29.0. The number of hydrogen-bond acceptors (Lipinski definition) is 4. The molecule has 9 aromatic rings. The second kappa shape index (κ2) is 12.4. The fraction of sp³-hybridized carbons (Fsp3) is 0. The highest BCUT2D eigenvalue weighted by Crippen LogP contribution is 2.41. The Hall–Kier alpha value is -6.23. The minimum atomic E-state index is 0.646. The molecule has 0 amide bonds. The SMILES string of the molecule is c1ccc(-c2ccc(-c3nc(-c4cccc(-c5ccccc5)c4)nc(-c4ccc5c(c4)sc4cccc(-c6ccccc6)c45)n3)cc2)cc1. The number of rotatable bonds is 6. The van der Waals surface area contributed by atoms with Crippen molar-refractivity contribution in [2.45, 2.75) is 0 Å². The lowest BCUT2D eigenvalue weighted by molar-refractivity contribution is 1.07. The Kier molecular flexibility index (Phi) is 7.34. The fourth-order valence-corrected chi connectivity index (χ4v) is 7.67. The predicted molar refractivity (Wildman–Crippen MR) is 205 cm³/mol. The Balaban J connectivity index is 1.18. The van der Waals surface area contributed by atoms with E-state index in [4.69, 9.17) is 15.0 Å². The van der Waals surface area contributed by atoms with Crippen LogP contribution in [0.15, 0.2) is 176 Å². The number of benzene rings is 7. The van der Waals surface area contributed by atoms with Crippen molar-refractivity contribution in [2.75, 3.05) is 0 Å². The van der Waals surface area contributed by atoms with Gasteiger partial charge in [-0.1, -0.05) is 158 Å². The molecule has 0 radical (unpaired) electrons. The molecule has 0 unspecified atom stereocenters. The van der Waals surface area contributed by atoms with Crippen LogP contribution in [0.25, 0.3) is 87.7 Å². The summed E-state index contributed by atoms with van der Waals surface area (Å²) in [6, 6.07) is 61.6. The van der Waals surface area contributed by atoms with Gasteiger partial charge in [0.1, 0.15) is 0 Å². The summed E-state index contributed by atoms with van der Waals surface area (Å²) in [7, 11) is 0. The van der Waals surface area contributed by atoms with E-state index in [2.05, 4.69) is 164 Å². The van der Waals surface area contributed by atoms with E-state index in [1.54, 1.807) is 0 Å². The van der Waals surface area contributed by atoms with Gasteiger partial charge in [-0.05, 0) is 51.6 Å². The molecule has 2 heterocycles. The van der Waals surface area contributed by atoms with Gasteiger partial charge in [-0.3, -0.25) is 0 Å².